The van der Waals surface area contributed by atoms with Gasteiger partial charge in [-0.25, -0.2) is 9.18 Å². The lowest BCUT2D eigenvalue weighted by atomic mass is 10.1. The zero-order valence-corrected chi connectivity index (χ0v) is 16.7. The molecule has 0 spiro atoms. The summed E-state index contributed by atoms with van der Waals surface area (Å²) in [5, 5.41) is 2.77. The van der Waals surface area contributed by atoms with Crippen molar-refractivity contribution >= 4 is 39.5 Å². The van der Waals surface area contributed by atoms with Crippen molar-refractivity contribution in [1.29, 1.82) is 0 Å². The molecule has 138 valence electrons. The number of carbonyl (C=O) groups excluding carboxylic acids is 2. The maximum atomic E-state index is 13.7. The van der Waals surface area contributed by atoms with Crippen molar-refractivity contribution in [2.24, 2.45) is 0 Å². The van der Waals surface area contributed by atoms with E-state index in [0.29, 0.717) is 17.6 Å². The minimum Gasteiger partial charge on any atom is -0.444 e. The number of piperidine rings is 1. The van der Waals surface area contributed by atoms with Crippen LogP contribution in [-0.2, 0) is 4.74 Å². The Labute approximate surface area is 160 Å². The maximum Gasteiger partial charge on any atom is 0.410 e. The van der Waals surface area contributed by atoms with Gasteiger partial charge in [0, 0.05) is 29.2 Å². The molecule has 1 aliphatic rings. The molecular formula is C17H21BrClFN2O3. The molecule has 1 heterocycles. The van der Waals surface area contributed by atoms with Crippen LogP contribution in [0.2, 0.25) is 5.02 Å². The van der Waals surface area contributed by atoms with Gasteiger partial charge in [0.15, 0.2) is 0 Å². The Morgan fingerprint density at radius 2 is 2.08 bits per heavy atom. The molecule has 1 fully saturated rings. The molecule has 0 saturated carbocycles. The fourth-order valence-corrected chi connectivity index (χ4v) is 3.09. The molecule has 1 atom stereocenters. The minimum absolute atomic E-state index is 0.0645. The molecule has 8 heteroatoms. The third-order valence-corrected chi connectivity index (χ3v) is 4.89. The van der Waals surface area contributed by atoms with E-state index in [1.54, 1.807) is 25.7 Å². The predicted molar refractivity (Wildman–Crippen MR) is 97.4 cm³/mol. The molecule has 2 rings (SSSR count). The van der Waals surface area contributed by atoms with Gasteiger partial charge in [-0.05, 0) is 61.7 Å². The largest absolute Gasteiger partial charge is 0.444 e. The standard InChI is InChI=1S/C17H21BrClFN2O3/c1-17(2,3)25-16(24)22-6-4-5-11(9-22)21-15(23)10-7-12(18)14(19)13(20)8-10/h7-8,11H,4-6,9H2,1-3H3,(H,21,23)/t11-/m0/s1. The highest BCUT2D eigenvalue weighted by Crippen LogP contribution is 2.27. The molecule has 0 bridgehead atoms. The van der Waals surface area contributed by atoms with E-state index < -0.39 is 23.4 Å². The molecule has 5 nitrogen and oxygen atoms in total. The van der Waals surface area contributed by atoms with Crippen molar-refractivity contribution in [2.45, 2.75) is 45.3 Å². The van der Waals surface area contributed by atoms with E-state index in [9.17, 15) is 14.0 Å². The Balaban J connectivity index is 2.00. The van der Waals surface area contributed by atoms with E-state index in [1.165, 1.54) is 6.07 Å². The van der Waals surface area contributed by atoms with Gasteiger partial charge in [0.25, 0.3) is 5.91 Å². The van der Waals surface area contributed by atoms with Crippen LogP contribution in [0.4, 0.5) is 9.18 Å². The van der Waals surface area contributed by atoms with Crippen LogP contribution < -0.4 is 5.32 Å². The van der Waals surface area contributed by atoms with E-state index in [0.717, 1.165) is 18.9 Å². The lowest BCUT2D eigenvalue weighted by molar-refractivity contribution is 0.0185. The SMILES string of the molecule is CC(C)(C)OC(=O)N1CCC[C@H](NC(=O)c2cc(F)c(Cl)c(Br)c2)C1. The van der Waals surface area contributed by atoms with Crippen LogP contribution in [0.3, 0.4) is 0 Å². The van der Waals surface area contributed by atoms with Gasteiger partial charge >= 0.3 is 6.09 Å². The summed E-state index contributed by atoms with van der Waals surface area (Å²) < 4.78 is 19.4. The van der Waals surface area contributed by atoms with Crippen LogP contribution in [0.1, 0.15) is 44.0 Å². The van der Waals surface area contributed by atoms with E-state index >= 15 is 0 Å². The quantitative estimate of drug-likeness (QED) is 0.702. The molecule has 1 aromatic carbocycles. The first-order valence-electron chi connectivity index (χ1n) is 8.00. The van der Waals surface area contributed by atoms with Gasteiger partial charge < -0.3 is 15.0 Å². The fourth-order valence-electron chi connectivity index (χ4n) is 2.54. The van der Waals surface area contributed by atoms with Crippen LogP contribution in [0.25, 0.3) is 0 Å². The number of carbonyl (C=O) groups is 2. The lowest BCUT2D eigenvalue weighted by Crippen LogP contribution is -2.50. The maximum absolute atomic E-state index is 13.7. The highest BCUT2D eigenvalue weighted by molar-refractivity contribution is 9.10. The number of hydrogen-bond donors (Lipinski definition) is 1. The summed E-state index contributed by atoms with van der Waals surface area (Å²) in [5.74, 6) is -1.08. The second kappa shape index (κ2) is 7.91. The van der Waals surface area contributed by atoms with Gasteiger partial charge in [0.1, 0.15) is 11.4 Å². The van der Waals surface area contributed by atoms with Crippen molar-refractivity contribution in [1.82, 2.24) is 10.2 Å². The number of rotatable bonds is 2. The first kappa shape index (κ1) is 20.0. The monoisotopic (exact) mass is 434 g/mol. The molecule has 1 aromatic rings. The molecular weight excluding hydrogens is 415 g/mol. The molecule has 0 unspecified atom stereocenters. The number of amides is 2. The normalized spacial score (nSPS) is 18.0. The topological polar surface area (TPSA) is 58.6 Å². The Morgan fingerprint density at radius 3 is 2.68 bits per heavy atom. The van der Waals surface area contributed by atoms with Crippen LogP contribution in [-0.4, -0.2) is 41.6 Å². The van der Waals surface area contributed by atoms with E-state index in [1.807, 2.05) is 0 Å². The molecule has 0 aromatic heterocycles. The molecule has 1 aliphatic heterocycles. The van der Waals surface area contributed by atoms with Crippen LogP contribution >= 0.6 is 27.5 Å². The average molecular weight is 436 g/mol. The van der Waals surface area contributed by atoms with Crippen molar-refractivity contribution in [3.8, 4) is 0 Å². The first-order chi connectivity index (χ1) is 11.6. The number of halogens is 3. The molecule has 1 N–H and O–H groups in total. The molecule has 1 saturated heterocycles. The molecule has 25 heavy (non-hydrogen) atoms. The summed E-state index contributed by atoms with van der Waals surface area (Å²) in [6, 6.07) is 2.35. The zero-order chi connectivity index (χ0) is 18.8. The van der Waals surface area contributed by atoms with Gasteiger partial charge in [-0.15, -0.1) is 0 Å². The van der Waals surface area contributed by atoms with E-state index in [-0.39, 0.29) is 16.6 Å². The van der Waals surface area contributed by atoms with Gasteiger partial charge in [0.2, 0.25) is 0 Å². The Bertz CT molecular complexity index is 655. The zero-order valence-electron chi connectivity index (χ0n) is 14.4. The number of nitrogens with zero attached hydrogens (tertiary/aromatic N) is 1. The predicted octanol–water partition coefficient (Wildman–Crippen LogP) is 4.37. The van der Waals surface area contributed by atoms with E-state index in [2.05, 4.69) is 21.2 Å². The Hall–Kier alpha value is -1.34. The molecule has 2 amide bonds. The summed E-state index contributed by atoms with van der Waals surface area (Å²) >= 11 is 8.87. The number of nitrogens with one attached hydrogen (secondary N) is 1. The third-order valence-electron chi connectivity index (χ3n) is 3.65. The minimum atomic E-state index is -0.666. The van der Waals surface area contributed by atoms with E-state index in [4.69, 9.17) is 16.3 Å². The summed E-state index contributed by atoms with van der Waals surface area (Å²) in [7, 11) is 0. The van der Waals surface area contributed by atoms with Crippen molar-refractivity contribution in [3.05, 3.63) is 33.0 Å². The third kappa shape index (κ3) is 5.57. The van der Waals surface area contributed by atoms with Gasteiger partial charge in [-0.2, -0.15) is 0 Å². The number of hydrogen-bond acceptors (Lipinski definition) is 3. The Morgan fingerprint density at radius 1 is 1.40 bits per heavy atom. The van der Waals surface area contributed by atoms with Crippen LogP contribution in [0, 0.1) is 5.82 Å². The van der Waals surface area contributed by atoms with Crippen LogP contribution in [0.5, 0.6) is 0 Å². The average Bonchev–Trinajstić information content (AvgIpc) is 2.50. The summed E-state index contributed by atoms with van der Waals surface area (Å²) in [5.41, 5.74) is -0.399. The highest BCUT2D eigenvalue weighted by Gasteiger charge is 2.28. The van der Waals surface area contributed by atoms with Crippen molar-refractivity contribution < 1.29 is 18.7 Å². The highest BCUT2D eigenvalue weighted by atomic mass is 79.9. The van der Waals surface area contributed by atoms with Crippen molar-refractivity contribution in [2.75, 3.05) is 13.1 Å². The number of benzene rings is 1. The second-order valence-electron chi connectivity index (χ2n) is 6.99. The number of ether oxygens (including phenoxy) is 1. The molecule has 0 aliphatic carbocycles. The van der Waals surface area contributed by atoms with Crippen LogP contribution in [0.15, 0.2) is 16.6 Å². The van der Waals surface area contributed by atoms with Gasteiger partial charge in [-0.1, -0.05) is 11.6 Å². The Kier molecular flexibility index (Phi) is 6.32. The summed E-state index contributed by atoms with van der Waals surface area (Å²) in [6.45, 7) is 6.36. The lowest BCUT2D eigenvalue weighted by Gasteiger charge is -2.34. The summed E-state index contributed by atoms with van der Waals surface area (Å²) in [6.07, 6.45) is 1.09. The van der Waals surface area contributed by atoms with Gasteiger partial charge in [0.05, 0.1) is 5.02 Å². The summed E-state index contributed by atoms with van der Waals surface area (Å²) in [4.78, 5) is 26.1. The number of likely N-dealkylation sites (tertiary alicyclic amines) is 1. The second-order valence-corrected chi connectivity index (χ2v) is 8.23. The fraction of sp³-hybridized carbons (Fsp3) is 0.529. The smallest absolute Gasteiger partial charge is 0.410 e. The first-order valence-corrected chi connectivity index (χ1v) is 9.17. The van der Waals surface area contributed by atoms with Gasteiger partial charge in [-0.3, -0.25) is 4.79 Å². The molecule has 0 radical (unpaired) electrons. The van der Waals surface area contributed by atoms with Crippen molar-refractivity contribution in [3.63, 3.8) is 0 Å².